The summed E-state index contributed by atoms with van der Waals surface area (Å²) in [7, 11) is 3.10. The summed E-state index contributed by atoms with van der Waals surface area (Å²) in [6, 6.07) is 4.84. The fourth-order valence-corrected chi connectivity index (χ4v) is 2.87. The number of ether oxygens (including phenoxy) is 2. The molecule has 10 heteroatoms. The summed E-state index contributed by atoms with van der Waals surface area (Å²) in [6.45, 7) is 0.842. The number of carbonyl (C=O) groups excluding carboxylic acids is 2. The van der Waals surface area contributed by atoms with Crippen molar-refractivity contribution in [2.24, 2.45) is 0 Å². The predicted molar refractivity (Wildman–Crippen MR) is 88.7 cm³/mol. The van der Waals surface area contributed by atoms with E-state index in [4.69, 9.17) is 13.9 Å². The number of hydrogen-bond acceptors (Lipinski definition) is 8. The highest BCUT2D eigenvalue weighted by atomic mass is 32.2. The highest BCUT2D eigenvalue weighted by Gasteiger charge is 2.26. The normalized spacial score (nSPS) is 13.7. The number of urea groups is 1. The fourth-order valence-electron chi connectivity index (χ4n) is 2.23. The van der Waals surface area contributed by atoms with Crippen LogP contribution in [-0.2, 0) is 4.79 Å². The van der Waals surface area contributed by atoms with Crippen molar-refractivity contribution < 1.29 is 23.5 Å². The zero-order chi connectivity index (χ0) is 17.8. The van der Waals surface area contributed by atoms with Crippen LogP contribution in [-0.4, -0.2) is 60.1 Å². The molecule has 9 nitrogen and oxygen atoms in total. The summed E-state index contributed by atoms with van der Waals surface area (Å²) >= 11 is 1.08. The van der Waals surface area contributed by atoms with Crippen LogP contribution >= 0.6 is 11.8 Å². The van der Waals surface area contributed by atoms with Gasteiger partial charge in [0.05, 0.1) is 20.0 Å². The Balaban J connectivity index is 1.68. The standard InChI is InChI=1S/C15H16N4O5S/c1-22-10-5-9(6-11(7-10)23-2)13-17-18-15(24-13)25-8-12(20)19-4-3-16-14(19)21/h5-7H,3-4,8H2,1-2H3,(H,16,21). The zero-order valence-electron chi connectivity index (χ0n) is 13.6. The molecule has 0 saturated carbocycles. The van der Waals surface area contributed by atoms with E-state index in [1.54, 1.807) is 32.4 Å². The molecule has 132 valence electrons. The highest BCUT2D eigenvalue weighted by Crippen LogP contribution is 2.30. The van der Waals surface area contributed by atoms with E-state index in [2.05, 4.69) is 15.5 Å². The number of carbonyl (C=O) groups is 2. The first-order valence-electron chi connectivity index (χ1n) is 7.38. The number of nitrogens with one attached hydrogen (secondary N) is 1. The second-order valence-electron chi connectivity index (χ2n) is 5.04. The van der Waals surface area contributed by atoms with Crippen LogP contribution in [0.25, 0.3) is 11.5 Å². The Hall–Kier alpha value is -2.75. The van der Waals surface area contributed by atoms with Gasteiger partial charge in [0, 0.05) is 24.7 Å². The second-order valence-corrected chi connectivity index (χ2v) is 5.97. The van der Waals surface area contributed by atoms with Crippen molar-refractivity contribution in [3.05, 3.63) is 18.2 Å². The van der Waals surface area contributed by atoms with Gasteiger partial charge in [0.15, 0.2) is 0 Å². The summed E-state index contributed by atoms with van der Waals surface area (Å²) in [4.78, 5) is 24.6. The molecule has 3 amide bonds. The third-order valence-electron chi connectivity index (χ3n) is 3.48. The minimum atomic E-state index is -0.375. The molecule has 0 unspecified atom stereocenters. The summed E-state index contributed by atoms with van der Waals surface area (Å²) in [5.41, 5.74) is 0.640. The molecular formula is C15H16N4O5S. The van der Waals surface area contributed by atoms with Crippen molar-refractivity contribution in [1.29, 1.82) is 0 Å². The lowest BCUT2D eigenvalue weighted by molar-refractivity contribution is -0.124. The maximum Gasteiger partial charge on any atom is 0.324 e. The summed E-state index contributed by atoms with van der Waals surface area (Å²) in [5, 5.41) is 10.7. The molecule has 1 N–H and O–H groups in total. The molecule has 0 atom stereocenters. The predicted octanol–water partition coefficient (Wildman–Crippen LogP) is 1.40. The molecule has 3 rings (SSSR count). The molecule has 25 heavy (non-hydrogen) atoms. The van der Waals surface area contributed by atoms with Crippen LogP contribution in [0.3, 0.4) is 0 Å². The van der Waals surface area contributed by atoms with E-state index in [1.165, 1.54) is 0 Å². The Kier molecular flexibility index (Phi) is 5.08. The largest absolute Gasteiger partial charge is 0.497 e. The van der Waals surface area contributed by atoms with E-state index in [0.29, 0.717) is 30.2 Å². The Morgan fingerprint density at radius 3 is 2.60 bits per heavy atom. The van der Waals surface area contributed by atoms with Gasteiger partial charge >= 0.3 is 6.03 Å². The van der Waals surface area contributed by atoms with Crippen LogP contribution in [0, 0.1) is 0 Å². The number of hydrogen-bond donors (Lipinski definition) is 1. The third-order valence-corrected chi connectivity index (χ3v) is 4.29. The molecule has 0 aliphatic carbocycles. The number of imide groups is 1. The first-order valence-corrected chi connectivity index (χ1v) is 8.37. The first-order chi connectivity index (χ1) is 12.1. The van der Waals surface area contributed by atoms with E-state index >= 15 is 0 Å². The molecular weight excluding hydrogens is 348 g/mol. The van der Waals surface area contributed by atoms with E-state index in [0.717, 1.165) is 16.7 Å². The zero-order valence-corrected chi connectivity index (χ0v) is 14.5. The van der Waals surface area contributed by atoms with Gasteiger partial charge in [0.1, 0.15) is 11.5 Å². The van der Waals surface area contributed by atoms with E-state index in [1.807, 2.05) is 0 Å². The van der Waals surface area contributed by atoms with Gasteiger partial charge in [-0.25, -0.2) is 4.79 Å². The fraction of sp³-hybridized carbons (Fsp3) is 0.333. The SMILES string of the molecule is COc1cc(OC)cc(-c2nnc(SCC(=O)N3CCNC3=O)o2)c1. The minimum Gasteiger partial charge on any atom is -0.497 e. The molecule has 0 radical (unpaired) electrons. The average molecular weight is 364 g/mol. The van der Waals surface area contributed by atoms with Crippen LogP contribution in [0.4, 0.5) is 4.79 Å². The van der Waals surface area contributed by atoms with Crippen LogP contribution in [0.5, 0.6) is 11.5 Å². The van der Waals surface area contributed by atoms with Crippen LogP contribution in [0.2, 0.25) is 0 Å². The lowest BCUT2D eigenvalue weighted by Gasteiger charge is -2.10. The molecule has 1 aliphatic heterocycles. The monoisotopic (exact) mass is 364 g/mol. The van der Waals surface area contributed by atoms with Gasteiger partial charge in [-0.3, -0.25) is 9.69 Å². The smallest absolute Gasteiger partial charge is 0.324 e. The van der Waals surface area contributed by atoms with Crippen molar-refractivity contribution in [2.75, 3.05) is 33.1 Å². The maximum absolute atomic E-state index is 12.0. The molecule has 1 fully saturated rings. The minimum absolute atomic E-state index is 0.0382. The van der Waals surface area contributed by atoms with Gasteiger partial charge in [0.2, 0.25) is 11.8 Å². The highest BCUT2D eigenvalue weighted by molar-refractivity contribution is 7.99. The van der Waals surface area contributed by atoms with Crippen LogP contribution in [0.1, 0.15) is 0 Å². The van der Waals surface area contributed by atoms with Crippen LogP contribution in [0.15, 0.2) is 27.8 Å². The Bertz CT molecular complexity index is 772. The molecule has 1 aliphatic rings. The Labute approximate surface area is 147 Å². The van der Waals surface area contributed by atoms with E-state index in [9.17, 15) is 9.59 Å². The van der Waals surface area contributed by atoms with Gasteiger partial charge in [-0.1, -0.05) is 11.8 Å². The van der Waals surface area contributed by atoms with Gasteiger partial charge in [-0.15, -0.1) is 10.2 Å². The molecule has 0 bridgehead atoms. The van der Waals surface area contributed by atoms with Crippen molar-refractivity contribution in [2.45, 2.75) is 5.22 Å². The molecule has 2 aromatic rings. The van der Waals surface area contributed by atoms with Crippen LogP contribution < -0.4 is 14.8 Å². The number of amides is 3. The number of rotatable bonds is 6. The number of aromatic nitrogens is 2. The van der Waals surface area contributed by atoms with Crippen molar-refractivity contribution >= 4 is 23.7 Å². The topological polar surface area (TPSA) is 107 Å². The lowest BCUT2D eigenvalue weighted by Crippen LogP contribution is -2.35. The summed E-state index contributed by atoms with van der Waals surface area (Å²) in [6.07, 6.45) is 0. The second kappa shape index (κ2) is 7.43. The van der Waals surface area contributed by atoms with Crippen molar-refractivity contribution in [1.82, 2.24) is 20.4 Å². The lowest BCUT2D eigenvalue weighted by atomic mass is 10.2. The molecule has 0 spiro atoms. The van der Waals surface area contributed by atoms with Gasteiger partial charge in [-0.2, -0.15) is 0 Å². The Morgan fingerprint density at radius 2 is 2.00 bits per heavy atom. The first kappa shape index (κ1) is 17.1. The number of nitrogens with zero attached hydrogens (tertiary/aromatic N) is 3. The summed E-state index contributed by atoms with van der Waals surface area (Å²) in [5.74, 6) is 1.21. The van der Waals surface area contributed by atoms with Gasteiger partial charge < -0.3 is 19.2 Å². The molecule has 1 aromatic heterocycles. The molecule has 2 heterocycles. The maximum atomic E-state index is 12.0. The van der Waals surface area contributed by atoms with Crippen molar-refractivity contribution in [3.63, 3.8) is 0 Å². The number of thioether (sulfide) groups is 1. The van der Waals surface area contributed by atoms with E-state index in [-0.39, 0.29) is 28.8 Å². The number of methoxy groups -OCH3 is 2. The molecule has 1 saturated heterocycles. The van der Waals surface area contributed by atoms with Gasteiger partial charge in [-0.05, 0) is 12.1 Å². The summed E-state index contributed by atoms with van der Waals surface area (Å²) < 4.78 is 16.0. The van der Waals surface area contributed by atoms with Gasteiger partial charge in [0.25, 0.3) is 5.22 Å². The number of benzene rings is 1. The average Bonchev–Trinajstić information content (AvgIpc) is 3.28. The quantitative estimate of drug-likeness (QED) is 0.767. The van der Waals surface area contributed by atoms with Crippen molar-refractivity contribution in [3.8, 4) is 23.0 Å². The van der Waals surface area contributed by atoms with E-state index < -0.39 is 0 Å². The molecule has 1 aromatic carbocycles. The third kappa shape index (κ3) is 3.85. The Morgan fingerprint density at radius 1 is 1.28 bits per heavy atom.